The molecule has 0 fully saturated rings. The van der Waals surface area contributed by atoms with Crippen molar-refractivity contribution in [2.24, 2.45) is 5.92 Å². The predicted octanol–water partition coefficient (Wildman–Crippen LogP) is 2.14. The summed E-state index contributed by atoms with van der Waals surface area (Å²) >= 11 is 0. The van der Waals surface area contributed by atoms with E-state index in [-0.39, 0.29) is 17.4 Å². The van der Waals surface area contributed by atoms with Crippen molar-refractivity contribution in [3.05, 3.63) is 12.2 Å². The average molecular weight is 253 g/mol. The van der Waals surface area contributed by atoms with Crippen LogP contribution in [0, 0.1) is 5.92 Å². The highest BCUT2D eigenvalue weighted by Gasteiger charge is 2.26. The van der Waals surface area contributed by atoms with Crippen molar-refractivity contribution < 1.29 is 14.3 Å². The molecule has 0 spiro atoms. The maximum Gasteiger partial charge on any atom is 0.253 e. The lowest BCUT2D eigenvalue weighted by Crippen LogP contribution is -2.36. The van der Waals surface area contributed by atoms with E-state index < -0.39 is 0 Å². The fourth-order valence-corrected chi connectivity index (χ4v) is 1.68. The van der Waals surface area contributed by atoms with E-state index >= 15 is 0 Å². The van der Waals surface area contributed by atoms with Gasteiger partial charge in [0.1, 0.15) is 0 Å². The number of hydrogen-bond acceptors (Lipinski definition) is 3. The Hall–Kier alpha value is -1.16. The Morgan fingerprint density at radius 1 is 1.22 bits per heavy atom. The van der Waals surface area contributed by atoms with Crippen LogP contribution in [0.15, 0.2) is 12.2 Å². The van der Waals surface area contributed by atoms with Crippen molar-refractivity contribution in [3.63, 3.8) is 0 Å². The van der Waals surface area contributed by atoms with Crippen molar-refractivity contribution in [1.82, 2.24) is 4.90 Å². The summed E-state index contributed by atoms with van der Waals surface area (Å²) in [5.41, 5.74) is -0.307. The van der Waals surface area contributed by atoms with Gasteiger partial charge in [-0.2, -0.15) is 0 Å². The van der Waals surface area contributed by atoms with E-state index in [1.807, 2.05) is 13.8 Å². The summed E-state index contributed by atoms with van der Waals surface area (Å²) in [6.07, 6.45) is 4.31. The molecule has 1 heterocycles. The third-order valence-electron chi connectivity index (χ3n) is 3.03. The van der Waals surface area contributed by atoms with Gasteiger partial charge in [-0.25, -0.2) is 0 Å². The van der Waals surface area contributed by atoms with Gasteiger partial charge >= 0.3 is 0 Å². The van der Waals surface area contributed by atoms with Crippen LogP contribution in [0.2, 0.25) is 0 Å². The SMILES string of the molecule is CC(C)CCOC(C)(C)CCN1C(=O)C=CC1=O. The Bertz CT molecular complexity index is 327. The standard InChI is InChI=1S/C14H23NO3/c1-11(2)7-10-18-14(3,4)8-9-15-12(16)5-6-13(15)17/h5-6,11H,7-10H2,1-4H3. The van der Waals surface area contributed by atoms with Gasteiger partial charge in [-0.15, -0.1) is 0 Å². The minimum absolute atomic E-state index is 0.224. The largest absolute Gasteiger partial charge is 0.375 e. The third-order valence-corrected chi connectivity index (χ3v) is 3.03. The first-order valence-electron chi connectivity index (χ1n) is 6.49. The number of ether oxygens (including phenoxy) is 1. The molecule has 0 radical (unpaired) electrons. The van der Waals surface area contributed by atoms with Gasteiger partial charge in [-0.05, 0) is 32.6 Å². The quantitative estimate of drug-likeness (QED) is 0.653. The van der Waals surface area contributed by atoms with E-state index in [4.69, 9.17) is 4.74 Å². The molecular formula is C14H23NO3. The van der Waals surface area contributed by atoms with Crippen molar-refractivity contribution in [3.8, 4) is 0 Å². The van der Waals surface area contributed by atoms with Crippen LogP contribution in [0.4, 0.5) is 0 Å². The summed E-state index contributed by atoms with van der Waals surface area (Å²) in [4.78, 5) is 24.0. The monoisotopic (exact) mass is 253 g/mol. The van der Waals surface area contributed by atoms with E-state index in [9.17, 15) is 9.59 Å². The Morgan fingerprint density at radius 3 is 2.28 bits per heavy atom. The molecule has 2 amide bonds. The Kier molecular flexibility index (Phi) is 5.08. The zero-order valence-corrected chi connectivity index (χ0v) is 11.7. The molecule has 0 unspecified atom stereocenters. The second kappa shape index (κ2) is 6.14. The number of amides is 2. The molecule has 4 heteroatoms. The van der Waals surface area contributed by atoms with Crippen molar-refractivity contribution >= 4 is 11.8 Å². The second-order valence-corrected chi connectivity index (χ2v) is 5.70. The van der Waals surface area contributed by atoms with Crippen LogP contribution in [0.1, 0.15) is 40.5 Å². The van der Waals surface area contributed by atoms with Crippen LogP contribution in [0.5, 0.6) is 0 Å². The number of hydrogen-bond donors (Lipinski definition) is 0. The normalized spacial score (nSPS) is 16.2. The van der Waals surface area contributed by atoms with E-state index in [2.05, 4.69) is 13.8 Å². The summed E-state index contributed by atoms with van der Waals surface area (Å²) in [5, 5.41) is 0. The number of carbonyl (C=O) groups excluding carboxylic acids is 2. The van der Waals surface area contributed by atoms with Gasteiger partial charge < -0.3 is 4.74 Å². The molecule has 0 N–H and O–H groups in total. The summed E-state index contributed by atoms with van der Waals surface area (Å²) in [7, 11) is 0. The van der Waals surface area contributed by atoms with Gasteiger partial charge in [0, 0.05) is 25.3 Å². The molecule has 0 saturated carbocycles. The fourth-order valence-electron chi connectivity index (χ4n) is 1.68. The first kappa shape index (κ1) is 14.9. The molecule has 18 heavy (non-hydrogen) atoms. The third kappa shape index (κ3) is 4.61. The molecule has 0 aliphatic carbocycles. The molecule has 0 bridgehead atoms. The van der Waals surface area contributed by atoms with Gasteiger partial charge in [0.25, 0.3) is 11.8 Å². The Balaban J connectivity index is 2.32. The predicted molar refractivity (Wildman–Crippen MR) is 70.0 cm³/mol. The summed E-state index contributed by atoms with van der Waals surface area (Å²) in [5.74, 6) is 0.169. The van der Waals surface area contributed by atoms with Crippen LogP contribution >= 0.6 is 0 Å². The maximum atomic E-state index is 11.4. The number of imide groups is 1. The molecule has 0 aromatic carbocycles. The van der Waals surface area contributed by atoms with Crippen molar-refractivity contribution in [1.29, 1.82) is 0 Å². The van der Waals surface area contributed by atoms with Crippen LogP contribution in [0.3, 0.4) is 0 Å². The molecule has 0 saturated heterocycles. The van der Waals surface area contributed by atoms with E-state index in [0.717, 1.165) is 6.42 Å². The van der Waals surface area contributed by atoms with Gasteiger partial charge in [0.05, 0.1) is 5.60 Å². The molecule has 0 aromatic heterocycles. The molecule has 4 nitrogen and oxygen atoms in total. The number of nitrogens with zero attached hydrogens (tertiary/aromatic N) is 1. The van der Waals surface area contributed by atoms with Crippen LogP contribution in [-0.4, -0.2) is 35.5 Å². The lowest BCUT2D eigenvalue weighted by molar-refractivity contribution is -0.137. The van der Waals surface area contributed by atoms with Crippen molar-refractivity contribution in [2.75, 3.05) is 13.2 Å². The average Bonchev–Trinajstić information content (AvgIpc) is 2.55. The Morgan fingerprint density at radius 2 is 1.78 bits per heavy atom. The highest BCUT2D eigenvalue weighted by Crippen LogP contribution is 2.18. The maximum absolute atomic E-state index is 11.4. The van der Waals surface area contributed by atoms with Crippen molar-refractivity contribution in [2.45, 2.75) is 46.1 Å². The summed E-state index contributed by atoms with van der Waals surface area (Å²) in [6.45, 7) is 9.43. The summed E-state index contributed by atoms with van der Waals surface area (Å²) in [6, 6.07) is 0. The molecule has 102 valence electrons. The van der Waals surface area contributed by atoms with E-state index in [1.165, 1.54) is 17.1 Å². The van der Waals surface area contributed by atoms with Gasteiger partial charge in [0.2, 0.25) is 0 Å². The van der Waals surface area contributed by atoms with E-state index in [0.29, 0.717) is 25.5 Å². The van der Waals surface area contributed by atoms with E-state index in [1.54, 1.807) is 0 Å². The first-order valence-corrected chi connectivity index (χ1v) is 6.49. The zero-order valence-electron chi connectivity index (χ0n) is 11.7. The molecule has 0 atom stereocenters. The lowest BCUT2D eigenvalue weighted by atomic mass is 10.0. The molecular weight excluding hydrogens is 230 g/mol. The molecule has 1 rings (SSSR count). The first-order chi connectivity index (χ1) is 8.32. The van der Waals surface area contributed by atoms with Crippen LogP contribution in [0.25, 0.3) is 0 Å². The fraction of sp³-hybridized carbons (Fsp3) is 0.714. The minimum atomic E-state index is -0.307. The number of rotatable bonds is 7. The zero-order chi connectivity index (χ0) is 13.8. The topological polar surface area (TPSA) is 46.6 Å². The second-order valence-electron chi connectivity index (χ2n) is 5.70. The Labute approximate surface area is 109 Å². The highest BCUT2D eigenvalue weighted by molar-refractivity contribution is 6.12. The van der Waals surface area contributed by atoms with Gasteiger partial charge in [0.15, 0.2) is 0 Å². The van der Waals surface area contributed by atoms with Gasteiger partial charge in [-0.3, -0.25) is 14.5 Å². The number of carbonyl (C=O) groups is 2. The molecule has 1 aliphatic rings. The molecule has 0 aromatic rings. The van der Waals surface area contributed by atoms with Crippen LogP contribution < -0.4 is 0 Å². The van der Waals surface area contributed by atoms with Gasteiger partial charge in [-0.1, -0.05) is 13.8 Å². The summed E-state index contributed by atoms with van der Waals surface area (Å²) < 4.78 is 5.80. The molecule has 1 aliphatic heterocycles. The minimum Gasteiger partial charge on any atom is -0.375 e. The lowest BCUT2D eigenvalue weighted by Gasteiger charge is -2.27. The highest BCUT2D eigenvalue weighted by atomic mass is 16.5. The van der Waals surface area contributed by atoms with Crippen LogP contribution in [-0.2, 0) is 14.3 Å². The smallest absolute Gasteiger partial charge is 0.253 e.